The summed E-state index contributed by atoms with van der Waals surface area (Å²) in [5.74, 6) is 0. The lowest BCUT2D eigenvalue weighted by molar-refractivity contribution is 0.427. The summed E-state index contributed by atoms with van der Waals surface area (Å²) < 4.78 is 0.679. The van der Waals surface area contributed by atoms with Gasteiger partial charge in [0, 0.05) is 9.65 Å². The number of unbranched alkanes of at least 4 members (excludes halogenated alkanes) is 2. The molecular formula is C11H19BO2S. The summed E-state index contributed by atoms with van der Waals surface area (Å²) in [7, 11) is -1.31. The van der Waals surface area contributed by atoms with E-state index in [1.165, 1.54) is 29.7 Å². The first-order valence-corrected chi connectivity index (χ1v) is 6.48. The molecule has 1 rings (SSSR count). The van der Waals surface area contributed by atoms with Crippen molar-refractivity contribution in [2.45, 2.75) is 46.0 Å². The van der Waals surface area contributed by atoms with E-state index < -0.39 is 7.12 Å². The van der Waals surface area contributed by atoms with Crippen molar-refractivity contribution >= 4 is 23.2 Å². The maximum atomic E-state index is 9.09. The molecular weight excluding hydrogens is 207 g/mol. The van der Waals surface area contributed by atoms with Crippen LogP contribution in [0.25, 0.3) is 0 Å². The highest BCUT2D eigenvalue weighted by Gasteiger charge is 2.16. The monoisotopic (exact) mass is 226 g/mol. The van der Waals surface area contributed by atoms with Crippen molar-refractivity contribution < 1.29 is 10.0 Å². The topological polar surface area (TPSA) is 40.5 Å². The quantitative estimate of drug-likeness (QED) is 0.572. The molecule has 0 aromatic carbocycles. The molecule has 0 unspecified atom stereocenters. The lowest BCUT2D eigenvalue weighted by Gasteiger charge is -1.99. The van der Waals surface area contributed by atoms with Crippen LogP contribution in [0.1, 0.15) is 43.6 Å². The van der Waals surface area contributed by atoms with Gasteiger partial charge in [0.15, 0.2) is 0 Å². The molecule has 15 heavy (non-hydrogen) atoms. The fourth-order valence-corrected chi connectivity index (χ4v) is 2.83. The van der Waals surface area contributed by atoms with Gasteiger partial charge in [0.2, 0.25) is 0 Å². The van der Waals surface area contributed by atoms with Crippen molar-refractivity contribution in [2.75, 3.05) is 0 Å². The third-order valence-electron chi connectivity index (χ3n) is 2.56. The summed E-state index contributed by atoms with van der Waals surface area (Å²) in [4.78, 5) is 1.33. The molecule has 2 nitrogen and oxygen atoms in total. The summed E-state index contributed by atoms with van der Waals surface area (Å²) in [6.07, 6.45) is 5.73. The van der Waals surface area contributed by atoms with Crippen LogP contribution in [0.2, 0.25) is 0 Å². The maximum absolute atomic E-state index is 9.09. The first kappa shape index (κ1) is 12.8. The first-order valence-electron chi connectivity index (χ1n) is 5.66. The van der Waals surface area contributed by atoms with Crippen molar-refractivity contribution in [1.29, 1.82) is 0 Å². The molecule has 0 amide bonds. The van der Waals surface area contributed by atoms with E-state index in [1.807, 2.05) is 6.07 Å². The summed E-state index contributed by atoms with van der Waals surface area (Å²) in [6, 6.07) is 1.93. The van der Waals surface area contributed by atoms with Gasteiger partial charge in [-0.2, -0.15) is 0 Å². The molecule has 1 aromatic heterocycles. The van der Waals surface area contributed by atoms with Gasteiger partial charge in [-0.05, 0) is 30.9 Å². The third kappa shape index (κ3) is 3.63. The second-order valence-electron chi connectivity index (χ2n) is 3.78. The molecule has 0 aliphatic rings. The minimum absolute atomic E-state index is 0.679. The van der Waals surface area contributed by atoms with Crippen LogP contribution < -0.4 is 4.78 Å². The second kappa shape index (κ2) is 6.31. The van der Waals surface area contributed by atoms with Crippen LogP contribution in [-0.4, -0.2) is 17.2 Å². The van der Waals surface area contributed by atoms with E-state index in [2.05, 4.69) is 13.8 Å². The van der Waals surface area contributed by atoms with Gasteiger partial charge < -0.3 is 10.0 Å². The van der Waals surface area contributed by atoms with Gasteiger partial charge in [-0.25, -0.2) is 0 Å². The number of thiophene rings is 1. The van der Waals surface area contributed by atoms with Gasteiger partial charge in [-0.15, -0.1) is 11.3 Å². The molecule has 0 fully saturated rings. The van der Waals surface area contributed by atoms with Gasteiger partial charge in [-0.1, -0.05) is 26.7 Å². The molecule has 0 saturated carbocycles. The van der Waals surface area contributed by atoms with Crippen LogP contribution in [0.3, 0.4) is 0 Å². The molecule has 0 aliphatic heterocycles. The molecule has 0 aliphatic carbocycles. The van der Waals surface area contributed by atoms with Crippen LogP contribution in [0.4, 0.5) is 0 Å². The highest BCUT2D eigenvalue weighted by Crippen LogP contribution is 2.19. The molecule has 1 aromatic rings. The summed E-state index contributed by atoms with van der Waals surface area (Å²) in [6.45, 7) is 4.30. The Kier molecular flexibility index (Phi) is 5.36. The predicted octanol–water partition coefficient (Wildman–Crippen LogP) is 1.72. The van der Waals surface area contributed by atoms with Gasteiger partial charge in [0.1, 0.15) is 0 Å². The van der Waals surface area contributed by atoms with Crippen LogP contribution in [0.15, 0.2) is 6.07 Å². The number of aryl methyl sites for hydroxylation is 2. The zero-order valence-corrected chi connectivity index (χ0v) is 10.3. The maximum Gasteiger partial charge on any atom is 0.499 e. The predicted molar refractivity (Wildman–Crippen MR) is 66.8 cm³/mol. The number of hydrogen-bond acceptors (Lipinski definition) is 3. The zero-order chi connectivity index (χ0) is 11.3. The second-order valence-corrected chi connectivity index (χ2v) is 4.95. The van der Waals surface area contributed by atoms with E-state index in [1.54, 1.807) is 11.3 Å². The molecule has 1 heterocycles. The fourth-order valence-electron chi connectivity index (χ4n) is 1.66. The van der Waals surface area contributed by atoms with Crippen LogP contribution >= 0.6 is 11.3 Å². The Morgan fingerprint density at radius 3 is 2.53 bits per heavy atom. The van der Waals surface area contributed by atoms with Gasteiger partial charge in [0.05, 0.1) is 0 Å². The zero-order valence-electron chi connectivity index (χ0n) is 9.49. The average molecular weight is 226 g/mol. The smallest absolute Gasteiger partial charge is 0.423 e. The van der Waals surface area contributed by atoms with E-state index in [9.17, 15) is 0 Å². The van der Waals surface area contributed by atoms with Crippen LogP contribution in [0, 0.1) is 0 Å². The Morgan fingerprint density at radius 1 is 1.27 bits per heavy atom. The molecule has 84 valence electrons. The summed E-state index contributed by atoms with van der Waals surface area (Å²) >= 11 is 1.54. The molecule has 0 bridgehead atoms. The Hall–Kier alpha value is -0.315. The van der Waals surface area contributed by atoms with E-state index in [-0.39, 0.29) is 0 Å². The van der Waals surface area contributed by atoms with Gasteiger partial charge in [0.25, 0.3) is 0 Å². The van der Waals surface area contributed by atoms with Crippen molar-refractivity contribution in [3.8, 4) is 0 Å². The Morgan fingerprint density at radius 2 is 2.00 bits per heavy atom. The van der Waals surface area contributed by atoms with Crippen molar-refractivity contribution in [2.24, 2.45) is 0 Å². The summed E-state index contributed by atoms with van der Waals surface area (Å²) in [5.41, 5.74) is 1.28. The highest BCUT2D eigenvalue weighted by molar-refractivity contribution is 7.22. The molecule has 2 N–H and O–H groups in total. The first-order chi connectivity index (χ1) is 7.19. The van der Waals surface area contributed by atoms with Crippen molar-refractivity contribution in [3.05, 3.63) is 16.5 Å². The lowest BCUT2D eigenvalue weighted by atomic mass is 9.88. The number of rotatable bonds is 6. The summed E-state index contributed by atoms with van der Waals surface area (Å²) in [5, 5.41) is 18.2. The minimum atomic E-state index is -1.31. The van der Waals surface area contributed by atoms with Crippen molar-refractivity contribution in [1.82, 2.24) is 0 Å². The molecule has 0 radical (unpaired) electrons. The Bertz CT molecular complexity index is 297. The van der Waals surface area contributed by atoms with Gasteiger partial charge in [-0.3, -0.25) is 0 Å². The molecule has 0 spiro atoms. The Labute approximate surface area is 96.1 Å². The van der Waals surface area contributed by atoms with Gasteiger partial charge >= 0.3 is 7.12 Å². The SMILES string of the molecule is CCCCCc1sc(B(O)O)cc1CC. The van der Waals surface area contributed by atoms with Crippen molar-refractivity contribution in [3.63, 3.8) is 0 Å². The van der Waals surface area contributed by atoms with E-state index >= 15 is 0 Å². The fraction of sp³-hybridized carbons (Fsp3) is 0.636. The van der Waals surface area contributed by atoms with Crippen LogP contribution in [0.5, 0.6) is 0 Å². The highest BCUT2D eigenvalue weighted by atomic mass is 32.1. The molecule has 0 atom stereocenters. The molecule has 4 heteroatoms. The lowest BCUT2D eigenvalue weighted by Crippen LogP contribution is -2.26. The minimum Gasteiger partial charge on any atom is -0.423 e. The normalized spacial score (nSPS) is 10.7. The number of hydrogen-bond donors (Lipinski definition) is 2. The Balaban J connectivity index is 2.67. The molecule has 0 saturated heterocycles. The van der Waals surface area contributed by atoms with E-state index in [4.69, 9.17) is 10.0 Å². The third-order valence-corrected chi connectivity index (χ3v) is 3.84. The average Bonchev–Trinajstić information content (AvgIpc) is 2.62. The van der Waals surface area contributed by atoms with E-state index in [0.29, 0.717) is 4.78 Å². The van der Waals surface area contributed by atoms with E-state index in [0.717, 1.165) is 12.8 Å². The van der Waals surface area contributed by atoms with Crippen LogP contribution in [-0.2, 0) is 12.8 Å². The largest absolute Gasteiger partial charge is 0.499 e. The standard InChI is InChI=1S/C11H19BO2S/c1-3-5-6-7-10-9(4-2)8-11(15-10)12(13)14/h8,13-14H,3-7H2,1-2H3.